The molecule has 1 heterocycles. The number of nitrogens with zero attached hydrogens (tertiary/aromatic N) is 2. The maximum absolute atomic E-state index is 11.5. The average molecular weight is 262 g/mol. The first-order chi connectivity index (χ1) is 9.02. The third-order valence-electron chi connectivity index (χ3n) is 3.28. The maximum atomic E-state index is 11.5. The topological polar surface area (TPSA) is 107 Å². The second-order valence-corrected chi connectivity index (χ2v) is 4.67. The highest BCUT2D eigenvalue weighted by molar-refractivity contribution is 6.04. The van der Waals surface area contributed by atoms with Gasteiger partial charge in [0.25, 0.3) is 0 Å². The zero-order chi connectivity index (χ0) is 14.0. The minimum atomic E-state index is -0.0438. The molecule has 1 atom stereocenters. The minimum absolute atomic E-state index is 0.00962. The van der Waals surface area contributed by atoms with Gasteiger partial charge in [0.05, 0.1) is 19.3 Å². The number of hydrogen-bond donors (Lipinski definition) is 3. The lowest BCUT2D eigenvalue weighted by Gasteiger charge is -2.18. The molecular weight excluding hydrogens is 244 g/mol. The average Bonchev–Trinajstić information content (AvgIpc) is 2.69. The van der Waals surface area contributed by atoms with E-state index in [2.05, 4.69) is 5.10 Å². The van der Waals surface area contributed by atoms with Crippen molar-refractivity contribution in [2.75, 3.05) is 12.3 Å². The number of rotatable bonds is 4. The van der Waals surface area contributed by atoms with E-state index < -0.39 is 0 Å². The molecule has 0 spiro atoms. The summed E-state index contributed by atoms with van der Waals surface area (Å²) in [6.45, 7) is 2.14. The van der Waals surface area contributed by atoms with Crippen LogP contribution in [0.5, 0.6) is 0 Å². The van der Waals surface area contributed by atoms with Gasteiger partial charge in [-0.15, -0.1) is 0 Å². The highest BCUT2D eigenvalue weighted by Gasteiger charge is 2.20. The molecule has 1 unspecified atom stereocenters. The van der Waals surface area contributed by atoms with Crippen molar-refractivity contribution in [1.82, 2.24) is 9.78 Å². The second kappa shape index (κ2) is 5.27. The SMILES string of the molecule is CC1=CC(Cc2cnn(CCO)c2N)C(N)=CC1=O. The number of aliphatic hydroxyl groups is 1. The fourth-order valence-corrected chi connectivity index (χ4v) is 2.13. The second-order valence-electron chi connectivity index (χ2n) is 4.67. The van der Waals surface area contributed by atoms with E-state index in [1.807, 2.05) is 6.08 Å². The van der Waals surface area contributed by atoms with Crippen LogP contribution in [0, 0.1) is 5.92 Å². The van der Waals surface area contributed by atoms with Gasteiger partial charge < -0.3 is 16.6 Å². The lowest BCUT2D eigenvalue weighted by atomic mass is 9.89. The fourth-order valence-electron chi connectivity index (χ4n) is 2.13. The van der Waals surface area contributed by atoms with Crippen LogP contribution >= 0.6 is 0 Å². The normalized spacial score (nSPS) is 19.3. The van der Waals surface area contributed by atoms with Crippen molar-refractivity contribution in [3.8, 4) is 0 Å². The van der Waals surface area contributed by atoms with E-state index in [9.17, 15) is 4.79 Å². The molecule has 0 fully saturated rings. The zero-order valence-corrected chi connectivity index (χ0v) is 10.8. The molecule has 1 aliphatic carbocycles. The number of carbonyl (C=O) groups excluding carboxylic acids is 1. The summed E-state index contributed by atoms with van der Waals surface area (Å²) in [7, 11) is 0. The number of aromatic nitrogens is 2. The number of ketones is 1. The Morgan fingerprint density at radius 1 is 1.47 bits per heavy atom. The number of aliphatic hydroxyl groups excluding tert-OH is 1. The van der Waals surface area contributed by atoms with Crippen LogP contribution in [0.4, 0.5) is 5.82 Å². The van der Waals surface area contributed by atoms with Crippen LogP contribution in [-0.2, 0) is 17.8 Å². The molecule has 0 saturated heterocycles. The van der Waals surface area contributed by atoms with Crippen molar-refractivity contribution in [2.24, 2.45) is 11.7 Å². The number of anilines is 1. The van der Waals surface area contributed by atoms with E-state index in [-0.39, 0.29) is 18.3 Å². The molecule has 1 aromatic heterocycles. The molecule has 0 saturated carbocycles. The van der Waals surface area contributed by atoms with Crippen LogP contribution in [0.1, 0.15) is 12.5 Å². The molecule has 6 nitrogen and oxygen atoms in total. The van der Waals surface area contributed by atoms with Crippen LogP contribution in [0.25, 0.3) is 0 Å². The molecule has 0 aliphatic heterocycles. The lowest BCUT2D eigenvalue weighted by Crippen LogP contribution is -2.20. The van der Waals surface area contributed by atoms with Gasteiger partial charge in [-0.3, -0.25) is 4.79 Å². The van der Waals surface area contributed by atoms with Crippen molar-refractivity contribution in [2.45, 2.75) is 19.9 Å². The molecule has 0 aromatic carbocycles. The summed E-state index contributed by atoms with van der Waals surface area (Å²) in [4.78, 5) is 11.5. The largest absolute Gasteiger partial charge is 0.401 e. The van der Waals surface area contributed by atoms with Gasteiger partial charge in [-0.05, 0) is 18.9 Å². The predicted molar refractivity (Wildman–Crippen MR) is 72.0 cm³/mol. The summed E-state index contributed by atoms with van der Waals surface area (Å²) >= 11 is 0. The van der Waals surface area contributed by atoms with Crippen LogP contribution in [0.2, 0.25) is 0 Å². The van der Waals surface area contributed by atoms with E-state index in [4.69, 9.17) is 16.6 Å². The van der Waals surface area contributed by atoms with E-state index in [1.165, 1.54) is 6.08 Å². The first kappa shape index (κ1) is 13.4. The highest BCUT2D eigenvalue weighted by Crippen LogP contribution is 2.24. The molecular formula is C13H18N4O2. The summed E-state index contributed by atoms with van der Waals surface area (Å²) < 4.78 is 1.56. The third-order valence-corrected chi connectivity index (χ3v) is 3.28. The number of hydrogen-bond acceptors (Lipinski definition) is 5. The van der Waals surface area contributed by atoms with Gasteiger partial charge in [-0.1, -0.05) is 6.08 Å². The first-order valence-corrected chi connectivity index (χ1v) is 6.13. The van der Waals surface area contributed by atoms with Crippen molar-refractivity contribution in [3.05, 3.63) is 35.2 Å². The maximum Gasteiger partial charge on any atom is 0.182 e. The number of nitrogen functional groups attached to an aromatic ring is 1. The molecule has 102 valence electrons. The van der Waals surface area contributed by atoms with Gasteiger partial charge in [-0.2, -0.15) is 5.10 Å². The molecule has 1 aromatic rings. The van der Waals surface area contributed by atoms with Gasteiger partial charge in [0, 0.05) is 23.3 Å². The van der Waals surface area contributed by atoms with Crippen molar-refractivity contribution in [1.29, 1.82) is 0 Å². The Morgan fingerprint density at radius 3 is 2.89 bits per heavy atom. The molecule has 0 bridgehead atoms. The van der Waals surface area contributed by atoms with E-state index >= 15 is 0 Å². The molecule has 6 heteroatoms. The monoisotopic (exact) mass is 262 g/mol. The van der Waals surface area contributed by atoms with E-state index in [0.29, 0.717) is 30.1 Å². The third kappa shape index (κ3) is 2.68. The molecule has 2 rings (SSSR count). The predicted octanol–water partition coefficient (Wildman–Crippen LogP) is -0.0121. The standard InChI is InChI=1S/C13H18N4O2/c1-8-4-9(11(14)6-12(8)19)5-10-7-16-17(2-3-18)13(10)15/h4,6-7,9,18H,2-3,5,14-15H2,1H3. The molecule has 0 radical (unpaired) electrons. The van der Waals surface area contributed by atoms with E-state index in [0.717, 1.165) is 5.56 Å². The first-order valence-electron chi connectivity index (χ1n) is 6.13. The van der Waals surface area contributed by atoms with Crippen molar-refractivity contribution < 1.29 is 9.90 Å². The Balaban J connectivity index is 2.18. The van der Waals surface area contributed by atoms with Gasteiger partial charge in [0.2, 0.25) is 0 Å². The van der Waals surface area contributed by atoms with Gasteiger partial charge in [-0.25, -0.2) is 4.68 Å². The van der Waals surface area contributed by atoms with Gasteiger partial charge >= 0.3 is 0 Å². The molecule has 5 N–H and O–H groups in total. The van der Waals surface area contributed by atoms with Crippen LogP contribution in [-0.4, -0.2) is 27.3 Å². The zero-order valence-electron chi connectivity index (χ0n) is 10.8. The fraction of sp³-hybridized carbons (Fsp3) is 0.385. The Hall–Kier alpha value is -2.08. The van der Waals surface area contributed by atoms with Crippen molar-refractivity contribution >= 4 is 11.6 Å². The highest BCUT2D eigenvalue weighted by atomic mass is 16.3. The molecule has 0 amide bonds. The summed E-state index contributed by atoms with van der Waals surface area (Å²) in [6.07, 6.45) is 5.61. The summed E-state index contributed by atoms with van der Waals surface area (Å²) in [5.74, 6) is 0.453. The molecule has 19 heavy (non-hydrogen) atoms. The van der Waals surface area contributed by atoms with Gasteiger partial charge in [0.1, 0.15) is 5.82 Å². The lowest BCUT2D eigenvalue weighted by molar-refractivity contribution is -0.111. The van der Waals surface area contributed by atoms with Crippen LogP contribution in [0.15, 0.2) is 29.6 Å². The Morgan fingerprint density at radius 2 is 2.21 bits per heavy atom. The minimum Gasteiger partial charge on any atom is -0.401 e. The summed E-state index contributed by atoms with van der Waals surface area (Å²) in [5.41, 5.74) is 13.9. The Kier molecular flexibility index (Phi) is 3.71. The smallest absolute Gasteiger partial charge is 0.182 e. The van der Waals surface area contributed by atoms with Gasteiger partial charge in [0.15, 0.2) is 5.78 Å². The summed E-state index contributed by atoms with van der Waals surface area (Å²) in [6, 6.07) is 0. The van der Waals surface area contributed by atoms with Crippen LogP contribution in [0.3, 0.4) is 0 Å². The van der Waals surface area contributed by atoms with Crippen LogP contribution < -0.4 is 11.5 Å². The Bertz CT molecular complexity index is 557. The number of carbonyl (C=O) groups is 1. The van der Waals surface area contributed by atoms with E-state index in [1.54, 1.807) is 17.8 Å². The quantitative estimate of drug-likeness (QED) is 0.707. The summed E-state index contributed by atoms with van der Waals surface area (Å²) in [5, 5.41) is 13.0. The Labute approximate surface area is 111 Å². The number of nitrogens with two attached hydrogens (primary N) is 2. The number of allylic oxidation sites excluding steroid dienone is 3. The molecule has 1 aliphatic rings. The van der Waals surface area contributed by atoms with Crippen molar-refractivity contribution in [3.63, 3.8) is 0 Å².